The van der Waals surface area contributed by atoms with E-state index in [0.717, 1.165) is 29.0 Å². The highest BCUT2D eigenvalue weighted by atomic mass is 32.2. The van der Waals surface area contributed by atoms with Gasteiger partial charge in [-0.25, -0.2) is 28.6 Å². The first-order valence-corrected chi connectivity index (χ1v) is 21.9. The molecule has 2 aromatic heterocycles. The van der Waals surface area contributed by atoms with E-state index in [-0.39, 0.29) is 53.1 Å². The first kappa shape index (κ1) is 47.6. The molecule has 1 aliphatic heterocycles. The number of anilines is 1. The molecule has 1 fully saturated rings. The molecule has 0 radical (unpaired) electrons. The van der Waals surface area contributed by atoms with Gasteiger partial charge < -0.3 is 50.9 Å². The topological polar surface area (TPSA) is 381 Å². The van der Waals surface area contributed by atoms with Crippen molar-refractivity contribution in [3.8, 4) is 0 Å². The summed E-state index contributed by atoms with van der Waals surface area (Å²) in [5.74, 6) is -2.28. The number of nitrogens with two attached hydrogens (primary N) is 1. The Morgan fingerprint density at radius 2 is 1.71 bits per heavy atom. The number of nitrogens with zero attached hydrogens (tertiary/aromatic N) is 4. The molecule has 2 amide bonds. The Kier molecular flexibility index (Phi) is 16.8. The van der Waals surface area contributed by atoms with E-state index in [2.05, 4.69) is 34.4 Å². The van der Waals surface area contributed by atoms with Gasteiger partial charge in [-0.05, 0) is 13.3 Å². The van der Waals surface area contributed by atoms with Gasteiger partial charge in [0.25, 0.3) is 0 Å². The van der Waals surface area contributed by atoms with Gasteiger partial charge in [0.1, 0.15) is 42.0 Å². The SMILES string of the molecule is CCC(C(C)=O)C(=O)SCCNC(=O)CCNC(=O)[C@H](O)C(C)(C)COP(=O)(O)OP(=O)(O)OC[C@H]1O[C@@H](n2cnc3c(N)ncnc32)C(O)C1OP(=O)(O)O. The van der Waals surface area contributed by atoms with E-state index in [1.54, 1.807) is 6.92 Å². The number of hydrogen-bond donors (Lipinski definition) is 9. The molecule has 3 heterocycles. The second-order valence-corrected chi connectivity index (χ2v) is 18.1. The number of carbonyl (C=O) groups excluding carboxylic acids is 4. The molecule has 0 aliphatic carbocycles. The van der Waals surface area contributed by atoms with E-state index in [1.165, 1.54) is 20.8 Å². The van der Waals surface area contributed by atoms with Crippen molar-refractivity contribution in [1.82, 2.24) is 30.2 Å². The predicted molar refractivity (Wildman–Crippen MR) is 192 cm³/mol. The zero-order valence-electron chi connectivity index (χ0n) is 30.3. The first-order valence-electron chi connectivity index (χ1n) is 16.4. The van der Waals surface area contributed by atoms with E-state index in [9.17, 15) is 62.7 Å². The summed E-state index contributed by atoms with van der Waals surface area (Å²) >= 11 is 0.910. The smallest absolute Gasteiger partial charge is 0.386 e. The van der Waals surface area contributed by atoms with Crippen LogP contribution in [0.5, 0.6) is 0 Å². The minimum Gasteiger partial charge on any atom is -0.386 e. The maximum Gasteiger partial charge on any atom is 0.481 e. The number of phosphoric acid groups is 3. The lowest BCUT2D eigenvalue weighted by atomic mass is 9.87. The van der Waals surface area contributed by atoms with Crippen LogP contribution in [0.1, 0.15) is 46.8 Å². The Morgan fingerprint density at radius 3 is 2.34 bits per heavy atom. The predicted octanol–water partition coefficient (Wildman–Crippen LogP) is -0.720. The number of aromatic nitrogens is 4. The van der Waals surface area contributed by atoms with Gasteiger partial charge in [0.2, 0.25) is 11.8 Å². The van der Waals surface area contributed by atoms with Crippen LogP contribution < -0.4 is 16.4 Å². The largest absolute Gasteiger partial charge is 0.481 e. The normalized spacial score (nSPS) is 22.2. The molecule has 25 nitrogen and oxygen atoms in total. The van der Waals surface area contributed by atoms with Gasteiger partial charge in [-0.15, -0.1) is 0 Å². The molecular weight excluding hydrogens is 835 g/mol. The number of carbonyl (C=O) groups is 4. The number of thioether (sulfide) groups is 1. The number of ketones is 1. The number of rotatable bonds is 22. The van der Waals surface area contributed by atoms with Crippen LogP contribution in [0.15, 0.2) is 12.7 Å². The lowest BCUT2D eigenvalue weighted by Gasteiger charge is -2.30. The second-order valence-electron chi connectivity index (χ2n) is 12.8. The molecule has 0 aromatic carbocycles. The van der Waals surface area contributed by atoms with Gasteiger partial charge in [0, 0.05) is 30.7 Å². The first-order chi connectivity index (χ1) is 25.9. The summed E-state index contributed by atoms with van der Waals surface area (Å²) in [4.78, 5) is 99.1. The standard InChI is InChI=1S/C27H44N7O18P3S/c1-5-15(14(2)35)26(40)56-9-8-29-17(36)6-7-30-24(39)21(38)27(3,4)11-49-55(46,47)52-54(44,45)48-10-16-20(51-53(41,42)43)19(37)25(50-16)34-13-33-18-22(28)31-12-32-23(18)34/h12-13,15-16,19-21,25,37-38H,5-11H2,1-4H3,(H,29,36)(H,30,39)(H,44,45)(H,46,47)(H2,28,31,32)(H2,41,42,43)/t15?,16-,19?,20?,21+,25-/m1/s1. The maximum absolute atomic E-state index is 12.7. The maximum atomic E-state index is 12.7. The van der Waals surface area contributed by atoms with Crippen LogP contribution in [0.4, 0.5) is 5.82 Å². The van der Waals surface area contributed by atoms with E-state index in [4.69, 9.17) is 19.5 Å². The van der Waals surface area contributed by atoms with E-state index in [1.807, 2.05) is 0 Å². The molecule has 1 saturated heterocycles. The Balaban J connectivity index is 1.49. The van der Waals surface area contributed by atoms with E-state index in [0.29, 0.717) is 6.42 Å². The van der Waals surface area contributed by atoms with Gasteiger partial charge in [0.05, 0.1) is 25.5 Å². The second kappa shape index (κ2) is 19.8. The van der Waals surface area contributed by atoms with Gasteiger partial charge in [-0.1, -0.05) is 32.5 Å². The average Bonchev–Trinajstić information content (AvgIpc) is 3.64. The molecule has 5 unspecified atom stereocenters. The number of Topliss-reactive ketones (excluding diaryl/α,β-unsaturated/α-hetero) is 1. The fraction of sp³-hybridized carbons (Fsp3) is 0.667. The van der Waals surface area contributed by atoms with E-state index < -0.39 is 90.5 Å². The number of ether oxygens (including phenoxy) is 1. The zero-order chi connectivity index (χ0) is 42.2. The number of nitrogens with one attached hydrogen (secondary N) is 2. The van der Waals surface area contributed by atoms with Crippen molar-refractivity contribution in [3.05, 3.63) is 12.7 Å². The van der Waals surface area contributed by atoms with Crippen molar-refractivity contribution >= 4 is 74.9 Å². The number of nitrogen functional groups attached to an aromatic ring is 1. The van der Waals surface area contributed by atoms with Crippen molar-refractivity contribution < 1.29 is 85.3 Å². The summed E-state index contributed by atoms with van der Waals surface area (Å²) < 4.78 is 62.0. The number of imidazole rings is 1. The number of amides is 2. The Labute approximate surface area is 322 Å². The van der Waals surface area contributed by atoms with E-state index >= 15 is 0 Å². The summed E-state index contributed by atoms with van der Waals surface area (Å²) in [5.41, 5.74) is 4.22. The molecule has 0 bridgehead atoms. The van der Waals surface area contributed by atoms with Gasteiger partial charge in [-0.3, -0.25) is 37.3 Å². The van der Waals surface area contributed by atoms with Crippen LogP contribution in [0.3, 0.4) is 0 Å². The van der Waals surface area contributed by atoms with Crippen molar-refractivity contribution in [3.63, 3.8) is 0 Å². The van der Waals surface area contributed by atoms with Crippen molar-refractivity contribution in [2.24, 2.45) is 11.3 Å². The minimum atomic E-state index is -5.58. The average molecular weight is 880 g/mol. The molecule has 3 rings (SSSR count). The molecule has 316 valence electrons. The fourth-order valence-electron chi connectivity index (χ4n) is 5.00. The van der Waals surface area contributed by atoms with Crippen molar-refractivity contribution in [2.75, 3.05) is 37.8 Å². The minimum absolute atomic E-state index is 0.0241. The van der Waals surface area contributed by atoms with Crippen molar-refractivity contribution in [2.45, 2.75) is 71.2 Å². The van der Waals surface area contributed by atoms with Gasteiger partial charge in [0.15, 0.2) is 22.8 Å². The zero-order valence-corrected chi connectivity index (χ0v) is 33.8. The quantitative estimate of drug-likeness (QED) is 0.0400. The van der Waals surface area contributed by atoms with Crippen LogP contribution >= 0.6 is 35.2 Å². The molecular formula is C27H44N7O18P3S. The molecule has 0 saturated carbocycles. The number of fused-ring (bicyclic) bond motifs is 1. The third-order valence-electron chi connectivity index (χ3n) is 7.93. The third kappa shape index (κ3) is 13.7. The molecule has 0 spiro atoms. The van der Waals surface area contributed by atoms with Crippen molar-refractivity contribution in [1.29, 1.82) is 0 Å². The summed E-state index contributed by atoms with van der Waals surface area (Å²) in [6, 6.07) is 0. The number of phosphoric ester groups is 3. The summed E-state index contributed by atoms with van der Waals surface area (Å²) in [5, 5.41) is 26.0. The Hall–Kier alpha value is -2.77. The van der Waals surface area contributed by atoms with Crippen LogP contribution in [0, 0.1) is 11.3 Å². The number of aliphatic hydroxyl groups is 2. The summed E-state index contributed by atoms with van der Waals surface area (Å²) in [7, 11) is -16.4. The lowest BCUT2D eigenvalue weighted by molar-refractivity contribution is -0.137. The van der Waals surface area contributed by atoms with Gasteiger partial charge >= 0.3 is 23.5 Å². The van der Waals surface area contributed by atoms with Gasteiger partial charge in [-0.2, -0.15) is 4.31 Å². The summed E-state index contributed by atoms with van der Waals surface area (Å²) in [6.45, 7) is 3.34. The van der Waals surface area contributed by atoms with Crippen LogP contribution in [-0.4, -0.2) is 128 Å². The number of hydrogen-bond acceptors (Lipinski definition) is 19. The highest BCUT2D eigenvalue weighted by molar-refractivity contribution is 8.13. The molecule has 56 heavy (non-hydrogen) atoms. The Morgan fingerprint density at radius 1 is 1.05 bits per heavy atom. The molecule has 1 aliphatic rings. The molecule has 29 heteroatoms. The highest BCUT2D eigenvalue weighted by Gasteiger charge is 2.50. The van der Waals surface area contributed by atoms with Crippen LogP contribution in [0.25, 0.3) is 11.2 Å². The molecule has 2 aromatic rings. The van der Waals surface area contributed by atoms with Crippen LogP contribution in [-0.2, 0) is 55.5 Å². The third-order valence-corrected chi connectivity index (χ3v) is 12.0. The fourth-order valence-corrected chi connectivity index (χ4v) is 8.77. The summed E-state index contributed by atoms with van der Waals surface area (Å²) in [6.07, 6.45) is -6.66. The molecule has 8 atom stereocenters. The highest BCUT2D eigenvalue weighted by Crippen LogP contribution is 2.61. The lowest BCUT2D eigenvalue weighted by Crippen LogP contribution is -2.46. The number of aliphatic hydroxyl groups excluding tert-OH is 2. The Bertz CT molecular complexity index is 1880. The monoisotopic (exact) mass is 879 g/mol. The van der Waals surface area contributed by atoms with Crippen LogP contribution in [0.2, 0.25) is 0 Å². The molecule has 10 N–H and O–H groups in total.